The minimum atomic E-state index is -0.532. The Balaban J connectivity index is 1.44. The van der Waals surface area contributed by atoms with Gasteiger partial charge in [0.05, 0.1) is 11.9 Å². The van der Waals surface area contributed by atoms with Crippen LogP contribution >= 0.6 is 0 Å². The fraction of sp³-hybridized carbons (Fsp3) is 0.320. The van der Waals surface area contributed by atoms with Gasteiger partial charge in [-0.15, -0.1) is 0 Å². The SMILES string of the molecule is CN1CC[C@@H](Cc2ccc(-c3cnc(N)c(-c4cc5c(cc4F)C(=O)NCC5)n3)cc2)C1. The Morgan fingerprint density at radius 1 is 1.22 bits per heavy atom. The second-order valence-corrected chi connectivity index (χ2v) is 8.80. The summed E-state index contributed by atoms with van der Waals surface area (Å²) in [5.74, 6) is 0.0716. The molecule has 2 aliphatic rings. The van der Waals surface area contributed by atoms with Gasteiger partial charge in [0.2, 0.25) is 0 Å². The molecule has 2 aromatic carbocycles. The first-order valence-corrected chi connectivity index (χ1v) is 11.0. The molecular formula is C25H26FN5O. The van der Waals surface area contributed by atoms with E-state index in [2.05, 4.69) is 39.4 Å². The second kappa shape index (κ2) is 8.31. The summed E-state index contributed by atoms with van der Waals surface area (Å²) in [6.45, 7) is 2.83. The molecular weight excluding hydrogens is 405 g/mol. The predicted octanol–water partition coefficient (Wildman–Crippen LogP) is 3.31. The summed E-state index contributed by atoms with van der Waals surface area (Å²) in [4.78, 5) is 23.3. The Morgan fingerprint density at radius 2 is 2.03 bits per heavy atom. The summed E-state index contributed by atoms with van der Waals surface area (Å²) >= 11 is 0. The largest absolute Gasteiger partial charge is 0.382 e. The molecule has 3 heterocycles. The van der Waals surface area contributed by atoms with Gasteiger partial charge in [0.1, 0.15) is 17.3 Å². The first kappa shape index (κ1) is 20.6. The fourth-order valence-corrected chi connectivity index (χ4v) is 4.70. The molecule has 5 rings (SSSR count). The van der Waals surface area contributed by atoms with Crippen molar-refractivity contribution in [1.82, 2.24) is 20.2 Å². The third kappa shape index (κ3) is 3.96. The number of nitrogen functional groups attached to an aromatic ring is 1. The number of carbonyl (C=O) groups is 1. The molecule has 0 unspecified atom stereocenters. The number of nitrogens with two attached hydrogens (primary N) is 1. The quantitative estimate of drug-likeness (QED) is 0.662. The molecule has 2 aliphatic heterocycles. The maximum absolute atomic E-state index is 14.9. The number of hydrogen-bond acceptors (Lipinski definition) is 5. The minimum Gasteiger partial charge on any atom is -0.382 e. The van der Waals surface area contributed by atoms with E-state index in [1.165, 1.54) is 18.1 Å². The van der Waals surface area contributed by atoms with Gasteiger partial charge < -0.3 is 16.0 Å². The van der Waals surface area contributed by atoms with E-state index in [0.717, 1.165) is 30.6 Å². The van der Waals surface area contributed by atoms with E-state index in [1.807, 2.05) is 12.1 Å². The summed E-state index contributed by atoms with van der Waals surface area (Å²) in [5.41, 5.74) is 10.6. The van der Waals surface area contributed by atoms with Crippen molar-refractivity contribution in [3.8, 4) is 22.5 Å². The van der Waals surface area contributed by atoms with E-state index in [9.17, 15) is 9.18 Å². The van der Waals surface area contributed by atoms with Crippen LogP contribution in [0.5, 0.6) is 0 Å². The molecule has 3 N–H and O–H groups in total. The van der Waals surface area contributed by atoms with Crippen molar-refractivity contribution in [2.45, 2.75) is 19.3 Å². The molecule has 0 spiro atoms. The second-order valence-electron chi connectivity index (χ2n) is 8.80. The number of carbonyl (C=O) groups excluding carboxylic acids is 1. The topological polar surface area (TPSA) is 84.1 Å². The fourth-order valence-electron chi connectivity index (χ4n) is 4.70. The molecule has 1 atom stereocenters. The van der Waals surface area contributed by atoms with Gasteiger partial charge in [0.25, 0.3) is 5.91 Å². The molecule has 0 aliphatic carbocycles. The van der Waals surface area contributed by atoms with E-state index in [0.29, 0.717) is 35.8 Å². The molecule has 0 saturated carbocycles. The lowest BCUT2D eigenvalue weighted by Crippen LogP contribution is -2.32. The number of hydrogen-bond donors (Lipinski definition) is 2. The van der Waals surface area contributed by atoms with Crippen molar-refractivity contribution >= 4 is 11.7 Å². The van der Waals surface area contributed by atoms with Crippen molar-refractivity contribution in [2.24, 2.45) is 5.92 Å². The summed E-state index contributed by atoms with van der Waals surface area (Å²) in [6.07, 6.45) is 4.55. The number of rotatable bonds is 4. The van der Waals surface area contributed by atoms with Gasteiger partial charge in [-0.1, -0.05) is 24.3 Å². The van der Waals surface area contributed by atoms with Crippen LogP contribution in [0.2, 0.25) is 0 Å². The van der Waals surface area contributed by atoms with Crippen LogP contribution in [0.1, 0.15) is 27.9 Å². The van der Waals surface area contributed by atoms with E-state index in [-0.39, 0.29) is 17.3 Å². The normalized spacial score (nSPS) is 18.4. The molecule has 7 heteroatoms. The summed E-state index contributed by atoms with van der Waals surface area (Å²) in [7, 11) is 2.17. The van der Waals surface area contributed by atoms with E-state index in [4.69, 9.17) is 5.73 Å². The number of aromatic nitrogens is 2. The van der Waals surface area contributed by atoms with Crippen LogP contribution in [-0.4, -0.2) is 47.5 Å². The zero-order valence-electron chi connectivity index (χ0n) is 18.1. The molecule has 1 amide bonds. The van der Waals surface area contributed by atoms with Crippen LogP contribution in [0, 0.1) is 11.7 Å². The summed E-state index contributed by atoms with van der Waals surface area (Å²) in [6, 6.07) is 11.3. The Bertz CT molecular complexity index is 1180. The van der Waals surface area contributed by atoms with Gasteiger partial charge in [0.15, 0.2) is 0 Å². The average molecular weight is 432 g/mol. The number of likely N-dealkylation sites (tertiary alicyclic amines) is 1. The lowest BCUT2D eigenvalue weighted by Gasteiger charge is -2.18. The zero-order valence-corrected chi connectivity index (χ0v) is 18.1. The zero-order chi connectivity index (χ0) is 22.2. The Kier molecular flexibility index (Phi) is 5.35. The third-order valence-corrected chi connectivity index (χ3v) is 6.44. The predicted molar refractivity (Wildman–Crippen MR) is 123 cm³/mol. The highest BCUT2D eigenvalue weighted by Crippen LogP contribution is 2.31. The number of halogens is 1. The van der Waals surface area contributed by atoms with Crippen molar-refractivity contribution in [3.63, 3.8) is 0 Å². The highest BCUT2D eigenvalue weighted by atomic mass is 19.1. The van der Waals surface area contributed by atoms with Crippen LogP contribution in [0.3, 0.4) is 0 Å². The molecule has 1 fully saturated rings. The summed E-state index contributed by atoms with van der Waals surface area (Å²) in [5, 5.41) is 2.74. The molecule has 3 aromatic rings. The molecule has 1 aromatic heterocycles. The number of anilines is 1. The Hall–Kier alpha value is -3.32. The van der Waals surface area contributed by atoms with E-state index < -0.39 is 5.82 Å². The van der Waals surface area contributed by atoms with Gasteiger partial charge in [-0.25, -0.2) is 14.4 Å². The van der Waals surface area contributed by atoms with Gasteiger partial charge in [-0.05, 0) is 62.0 Å². The summed E-state index contributed by atoms with van der Waals surface area (Å²) < 4.78 is 14.9. The van der Waals surface area contributed by atoms with Crippen LogP contribution in [-0.2, 0) is 12.8 Å². The van der Waals surface area contributed by atoms with Crippen molar-refractivity contribution in [2.75, 3.05) is 32.4 Å². The molecule has 1 saturated heterocycles. The molecule has 32 heavy (non-hydrogen) atoms. The number of nitrogens with zero attached hydrogens (tertiary/aromatic N) is 3. The lowest BCUT2D eigenvalue weighted by molar-refractivity contribution is 0.0945. The standard InChI is InChI=1S/C25H26FN5O/c1-31-9-7-16(14-31)10-15-2-4-17(5-3-15)22-13-29-24(27)23(30-22)20-11-18-6-8-28-25(32)19(18)12-21(20)26/h2-5,11-13,16H,6-10,14H2,1H3,(H2,27,29)(H,28,32)/t16-/m0/s1. The molecule has 0 radical (unpaired) electrons. The highest BCUT2D eigenvalue weighted by molar-refractivity contribution is 5.97. The van der Waals surface area contributed by atoms with E-state index in [1.54, 1.807) is 12.3 Å². The maximum atomic E-state index is 14.9. The number of fused-ring (bicyclic) bond motifs is 1. The van der Waals surface area contributed by atoms with E-state index >= 15 is 0 Å². The van der Waals surface area contributed by atoms with Crippen LogP contribution in [0.15, 0.2) is 42.6 Å². The monoisotopic (exact) mass is 431 g/mol. The first-order chi connectivity index (χ1) is 15.5. The van der Waals surface area contributed by atoms with Gasteiger partial charge >= 0.3 is 0 Å². The molecule has 164 valence electrons. The van der Waals surface area contributed by atoms with Crippen molar-refractivity contribution in [1.29, 1.82) is 0 Å². The smallest absolute Gasteiger partial charge is 0.251 e. The third-order valence-electron chi connectivity index (χ3n) is 6.44. The maximum Gasteiger partial charge on any atom is 0.251 e. The van der Waals surface area contributed by atoms with Crippen LogP contribution < -0.4 is 11.1 Å². The number of amides is 1. The van der Waals surface area contributed by atoms with Crippen LogP contribution in [0.25, 0.3) is 22.5 Å². The number of benzene rings is 2. The Morgan fingerprint density at radius 3 is 2.78 bits per heavy atom. The highest BCUT2D eigenvalue weighted by Gasteiger charge is 2.22. The Labute approximate surface area is 186 Å². The minimum absolute atomic E-state index is 0.162. The average Bonchev–Trinajstić information content (AvgIpc) is 3.20. The van der Waals surface area contributed by atoms with Gasteiger partial charge in [-0.2, -0.15) is 0 Å². The van der Waals surface area contributed by atoms with Crippen LogP contribution in [0.4, 0.5) is 10.2 Å². The molecule has 6 nitrogen and oxygen atoms in total. The number of nitrogens with one attached hydrogen (secondary N) is 1. The molecule has 0 bridgehead atoms. The van der Waals surface area contributed by atoms with Crippen molar-refractivity contribution < 1.29 is 9.18 Å². The van der Waals surface area contributed by atoms with Gasteiger partial charge in [-0.3, -0.25) is 4.79 Å². The van der Waals surface area contributed by atoms with Gasteiger partial charge in [0, 0.05) is 29.8 Å². The first-order valence-electron chi connectivity index (χ1n) is 11.0. The van der Waals surface area contributed by atoms with Crippen molar-refractivity contribution in [3.05, 3.63) is 65.1 Å². The lowest BCUT2D eigenvalue weighted by atomic mass is 9.96.